The minimum absolute atomic E-state index is 0.188. The topological polar surface area (TPSA) is 69.6 Å². The van der Waals surface area contributed by atoms with Crippen LogP contribution >= 0.6 is 11.8 Å². The molecule has 1 aliphatic carbocycles. The maximum atomic E-state index is 13.5. The zero-order valence-corrected chi connectivity index (χ0v) is 22.3. The van der Waals surface area contributed by atoms with Crippen LogP contribution in [0.15, 0.2) is 47.4 Å². The molecule has 1 unspecified atom stereocenters. The average molecular weight is 537 g/mol. The Bertz CT molecular complexity index is 1100. The molecule has 0 radical (unpaired) electrons. The number of fused-ring (bicyclic) bond motifs is 1. The van der Waals surface area contributed by atoms with Gasteiger partial charge in [0, 0.05) is 17.5 Å². The normalized spacial score (nSPS) is 15.4. The van der Waals surface area contributed by atoms with Crippen molar-refractivity contribution >= 4 is 29.4 Å². The van der Waals surface area contributed by atoms with Crippen molar-refractivity contribution in [2.24, 2.45) is 0 Å². The van der Waals surface area contributed by atoms with Gasteiger partial charge in [0.25, 0.3) is 0 Å². The van der Waals surface area contributed by atoms with E-state index in [-0.39, 0.29) is 11.7 Å². The second kappa shape index (κ2) is 12.2. The first-order chi connectivity index (χ1) is 17.4. The van der Waals surface area contributed by atoms with Crippen LogP contribution < -0.4 is 5.32 Å². The van der Waals surface area contributed by atoms with E-state index in [0.29, 0.717) is 19.4 Å². The maximum Gasteiger partial charge on any atom is 0.418 e. The Morgan fingerprint density at radius 3 is 2.38 bits per heavy atom. The molecule has 0 fully saturated rings. The summed E-state index contributed by atoms with van der Waals surface area (Å²) in [5.41, 5.74) is 0.988. The number of halogens is 3. The Hall–Kier alpha value is -2.68. The molecule has 0 saturated heterocycles. The molecule has 1 aliphatic rings. The van der Waals surface area contributed by atoms with Gasteiger partial charge in [-0.1, -0.05) is 50.8 Å². The summed E-state index contributed by atoms with van der Waals surface area (Å²) in [4.78, 5) is 27.4. The van der Waals surface area contributed by atoms with Gasteiger partial charge in [-0.25, -0.2) is 4.79 Å². The van der Waals surface area contributed by atoms with Gasteiger partial charge in [-0.2, -0.15) is 13.2 Å². The first-order valence-corrected chi connectivity index (χ1v) is 13.5. The molecule has 5 nitrogen and oxygen atoms in total. The van der Waals surface area contributed by atoms with Crippen molar-refractivity contribution in [2.45, 2.75) is 87.6 Å². The van der Waals surface area contributed by atoms with Crippen LogP contribution in [0.3, 0.4) is 0 Å². The van der Waals surface area contributed by atoms with Crippen LogP contribution in [0.2, 0.25) is 0 Å². The third-order valence-corrected chi connectivity index (χ3v) is 7.83. The molecule has 2 N–H and O–H groups in total. The van der Waals surface area contributed by atoms with E-state index in [9.17, 15) is 27.9 Å². The molecule has 1 atom stereocenters. The second-order valence-electron chi connectivity index (χ2n) is 9.99. The van der Waals surface area contributed by atoms with Gasteiger partial charge in [-0.05, 0) is 68.5 Å². The monoisotopic (exact) mass is 536 g/mol. The highest BCUT2D eigenvalue weighted by Gasteiger charge is 2.36. The predicted molar refractivity (Wildman–Crippen MR) is 141 cm³/mol. The number of amides is 2. The molecule has 3 rings (SSSR count). The van der Waals surface area contributed by atoms with Crippen LogP contribution in [0.5, 0.6) is 0 Å². The summed E-state index contributed by atoms with van der Waals surface area (Å²) >= 11 is 1.26. The SMILES string of the molecule is CCCCCCCN(C(=O)Nc1ccccc1C(F)(F)F)C1Cc2ccc(SC(C)(C)C(=O)O)cc2C1. The molecule has 37 heavy (non-hydrogen) atoms. The third kappa shape index (κ3) is 7.66. The van der Waals surface area contributed by atoms with Gasteiger partial charge < -0.3 is 15.3 Å². The number of nitrogens with one attached hydrogen (secondary N) is 1. The Balaban J connectivity index is 1.78. The lowest BCUT2D eigenvalue weighted by Gasteiger charge is -2.30. The van der Waals surface area contributed by atoms with Crippen LogP contribution in [0.1, 0.15) is 69.6 Å². The molecule has 0 aromatic heterocycles. The number of alkyl halides is 3. The minimum atomic E-state index is -4.57. The number of aliphatic carboxylic acids is 1. The van der Waals surface area contributed by atoms with Gasteiger partial charge in [0.1, 0.15) is 4.75 Å². The minimum Gasteiger partial charge on any atom is -0.480 e. The van der Waals surface area contributed by atoms with Crippen LogP contribution in [0, 0.1) is 0 Å². The smallest absolute Gasteiger partial charge is 0.418 e. The Kier molecular flexibility index (Phi) is 9.56. The highest BCUT2D eigenvalue weighted by molar-refractivity contribution is 8.01. The highest BCUT2D eigenvalue weighted by Crippen LogP contribution is 2.37. The third-order valence-electron chi connectivity index (χ3n) is 6.66. The number of nitrogens with zero attached hydrogens (tertiary/aromatic N) is 1. The zero-order chi connectivity index (χ0) is 27.2. The summed E-state index contributed by atoms with van der Waals surface area (Å²) in [5, 5.41) is 12.0. The Morgan fingerprint density at radius 2 is 1.70 bits per heavy atom. The largest absolute Gasteiger partial charge is 0.480 e. The number of rotatable bonds is 11. The quantitative estimate of drug-likeness (QED) is 0.229. The number of unbranched alkanes of at least 4 members (excludes halogenated alkanes) is 4. The van der Waals surface area contributed by atoms with E-state index < -0.39 is 28.5 Å². The van der Waals surface area contributed by atoms with E-state index in [1.54, 1.807) is 18.7 Å². The number of carbonyl (C=O) groups excluding carboxylic acids is 1. The fourth-order valence-corrected chi connectivity index (χ4v) is 5.57. The van der Waals surface area contributed by atoms with Gasteiger partial charge in [-0.15, -0.1) is 11.8 Å². The van der Waals surface area contributed by atoms with Crippen molar-refractivity contribution < 1.29 is 27.9 Å². The summed E-state index contributed by atoms with van der Waals surface area (Å²) in [7, 11) is 0. The summed E-state index contributed by atoms with van der Waals surface area (Å²) in [5.74, 6) is -0.902. The number of carboxylic acid groups (broad SMARTS) is 1. The van der Waals surface area contributed by atoms with Crippen molar-refractivity contribution in [1.82, 2.24) is 4.90 Å². The van der Waals surface area contributed by atoms with E-state index >= 15 is 0 Å². The lowest BCUT2D eigenvalue weighted by atomic mass is 10.1. The lowest BCUT2D eigenvalue weighted by Crippen LogP contribution is -2.44. The summed E-state index contributed by atoms with van der Waals surface area (Å²) in [6, 6.07) is 10.1. The molecule has 9 heteroatoms. The van der Waals surface area contributed by atoms with Gasteiger partial charge >= 0.3 is 18.2 Å². The van der Waals surface area contributed by atoms with Crippen LogP contribution in [-0.2, 0) is 23.8 Å². The summed E-state index contributed by atoms with van der Waals surface area (Å²) in [6.07, 6.45) is 1.56. The maximum absolute atomic E-state index is 13.5. The standard InChI is InChI=1S/C28H35F3N2O3S/c1-4-5-6-7-10-15-33(26(36)32-24-12-9-8-11-23(24)28(29,30)31)21-16-19-13-14-22(18-20(19)17-21)37-27(2,3)25(34)35/h8-9,11-14,18,21H,4-7,10,15-17H2,1-3H3,(H,32,36)(H,34,35). The molecule has 2 aromatic rings. The number of hydrogen-bond acceptors (Lipinski definition) is 3. The van der Waals surface area contributed by atoms with Crippen LogP contribution in [0.25, 0.3) is 0 Å². The number of urea groups is 1. The van der Waals surface area contributed by atoms with E-state index in [0.717, 1.165) is 54.2 Å². The number of hydrogen-bond donors (Lipinski definition) is 2. The second-order valence-corrected chi connectivity index (χ2v) is 11.7. The molecule has 0 heterocycles. The first-order valence-electron chi connectivity index (χ1n) is 12.7. The van der Waals surface area contributed by atoms with Gasteiger partial charge in [0.2, 0.25) is 0 Å². The van der Waals surface area contributed by atoms with E-state index in [1.807, 2.05) is 18.2 Å². The Labute approximate surface area is 220 Å². The fourth-order valence-electron chi connectivity index (χ4n) is 4.56. The molecule has 0 aliphatic heterocycles. The highest BCUT2D eigenvalue weighted by atomic mass is 32.2. The molecular formula is C28H35F3N2O3S. The molecule has 2 aromatic carbocycles. The van der Waals surface area contributed by atoms with E-state index in [4.69, 9.17) is 0 Å². The number of thioether (sulfide) groups is 1. The number of para-hydroxylation sites is 1. The molecule has 0 spiro atoms. The average Bonchev–Trinajstić information content (AvgIpc) is 3.23. The summed E-state index contributed by atoms with van der Waals surface area (Å²) < 4.78 is 39.5. The van der Waals surface area contributed by atoms with Crippen molar-refractivity contribution in [1.29, 1.82) is 0 Å². The lowest BCUT2D eigenvalue weighted by molar-refractivity contribution is -0.139. The van der Waals surface area contributed by atoms with E-state index in [1.165, 1.54) is 30.0 Å². The summed E-state index contributed by atoms with van der Waals surface area (Å²) in [6.45, 7) is 5.88. The number of benzene rings is 2. The van der Waals surface area contributed by atoms with Crippen LogP contribution in [0.4, 0.5) is 23.7 Å². The number of carbonyl (C=O) groups is 2. The van der Waals surface area contributed by atoms with Crippen LogP contribution in [-0.4, -0.2) is 39.3 Å². The van der Waals surface area contributed by atoms with Gasteiger partial charge in [0.05, 0.1) is 11.3 Å². The van der Waals surface area contributed by atoms with E-state index in [2.05, 4.69) is 12.2 Å². The van der Waals surface area contributed by atoms with Crippen molar-refractivity contribution in [3.63, 3.8) is 0 Å². The molecule has 0 saturated carbocycles. The molecule has 202 valence electrons. The predicted octanol–water partition coefficient (Wildman–Crippen LogP) is 7.63. The van der Waals surface area contributed by atoms with Gasteiger partial charge in [-0.3, -0.25) is 4.79 Å². The zero-order valence-electron chi connectivity index (χ0n) is 21.5. The van der Waals surface area contributed by atoms with Gasteiger partial charge in [0.15, 0.2) is 0 Å². The number of anilines is 1. The molecule has 2 amide bonds. The first kappa shape index (κ1) is 28.9. The van der Waals surface area contributed by atoms with Crippen molar-refractivity contribution in [3.8, 4) is 0 Å². The fraction of sp³-hybridized carbons (Fsp3) is 0.500. The molecular weight excluding hydrogens is 501 g/mol. The van der Waals surface area contributed by atoms with Crippen molar-refractivity contribution in [2.75, 3.05) is 11.9 Å². The number of carboxylic acids is 1. The molecule has 0 bridgehead atoms. The van der Waals surface area contributed by atoms with Crippen molar-refractivity contribution in [3.05, 3.63) is 59.2 Å². The Morgan fingerprint density at radius 1 is 1.03 bits per heavy atom.